The molecule has 2 fully saturated rings. The fourth-order valence-electron chi connectivity index (χ4n) is 2.29. The smallest absolute Gasteiger partial charge is 0.410 e. The van der Waals surface area contributed by atoms with Crippen LogP contribution in [0.15, 0.2) is 0 Å². The number of carbonyl (C=O) groups is 2. The molecule has 1 aliphatic heterocycles. The highest BCUT2D eigenvalue weighted by Crippen LogP contribution is 2.35. The van der Waals surface area contributed by atoms with Crippen LogP contribution in [0.5, 0.6) is 0 Å². The zero-order chi connectivity index (χ0) is 11.2. The molecule has 2 aliphatic rings. The van der Waals surface area contributed by atoms with Crippen molar-refractivity contribution in [2.75, 3.05) is 6.54 Å². The number of hydrogen-bond acceptors (Lipinski definition) is 3. The second-order valence-electron chi connectivity index (χ2n) is 5.39. The highest BCUT2D eigenvalue weighted by atomic mass is 16.6. The summed E-state index contributed by atoms with van der Waals surface area (Å²) in [6.07, 6.45) is 1.07. The van der Waals surface area contributed by atoms with Gasteiger partial charge in [0.1, 0.15) is 11.4 Å². The van der Waals surface area contributed by atoms with Crippen LogP contribution in [0.25, 0.3) is 0 Å². The molecule has 0 spiro atoms. The average molecular weight is 211 g/mol. The number of rotatable bonds is 0. The Hall–Kier alpha value is -1.06. The highest BCUT2D eigenvalue weighted by Gasteiger charge is 2.46. The van der Waals surface area contributed by atoms with Crippen LogP contribution in [-0.4, -0.2) is 35.0 Å². The molecule has 1 amide bonds. The van der Waals surface area contributed by atoms with Crippen LogP contribution in [0, 0.1) is 5.92 Å². The van der Waals surface area contributed by atoms with Crippen LogP contribution < -0.4 is 0 Å². The molecule has 0 aromatic carbocycles. The average Bonchev–Trinajstić information content (AvgIpc) is 2.58. The Bertz CT molecular complexity index is 305. The van der Waals surface area contributed by atoms with E-state index in [0.29, 0.717) is 18.7 Å². The Balaban J connectivity index is 1.97. The van der Waals surface area contributed by atoms with Crippen LogP contribution in [0.4, 0.5) is 4.79 Å². The van der Waals surface area contributed by atoms with Gasteiger partial charge in [-0.15, -0.1) is 0 Å². The van der Waals surface area contributed by atoms with Gasteiger partial charge in [-0.2, -0.15) is 0 Å². The summed E-state index contributed by atoms with van der Waals surface area (Å²) in [6.45, 7) is 6.11. The standard InChI is InChI=1S/C11H17NO3/c1-11(2,3)15-10(14)12-6-7-4-8(12)5-9(7)13/h7-8H,4-6H2,1-3H3/t7?,8-/m0/s1. The van der Waals surface area contributed by atoms with Gasteiger partial charge >= 0.3 is 6.09 Å². The van der Waals surface area contributed by atoms with Crippen LogP contribution >= 0.6 is 0 Å². The van der Waals surface area contributed by atoms with Crippen molar-refractivity contribution in [3.05, 3.63) is 0 Å². The van der Waals surface area contributed by atoms with Crippen molar-refractivity contribution >= 4 is 11.9 Å². The first-order chi connectivity index (χ1) is 6.87. The number of hydrogen-bond donors (Lipinski definition) is 0. The minimum atomic E-state index is -0.455. The van der Waals surface area contributed by atoms with Crippen molar-refractivity contribution in [1.82, 2.24) is 4.90 Å². The number of likely N-dealkylation sites (tertiary alicyclic amines) is 1. The van der Waals surface area contributed by atoms with Crippen LogP contribution in [0.1, 0.15) is 33.6 Å². The van der Waals surface area contributed by atoms with Crippen LogP contribution in [0.2, 0.25) is 0 Å². The summed E-state index contributed by atoms with van der Waals surface area (Å²) in [4.78, 5) is 24.8. The Morgan fingerprint density at radius 2 is 2.13 bits per heavy atom. The van der Waals surface area contributed by atoms with Gasteiger partial charge in [0.25, 0.3) is 0 Å². The third-order valence-electron chi connectivity index (χ3n) is 2.93. The van der Waals surface area contributed by atoms with Gasteiger partial charge in [0.15, 0.2) is 0 Å². The lowest BCUT2D eigenvalue weighted by Crippen LogP contribution is -2.43. The molecule has 0 aromatic heterocycles. The minimum absolute atomic E-state index is 0.0718. The Kier molecular flexibility index (Phi) is 2.24. The molecule has 0 N–H and O–H groups in total. The molecule has 4 heteroatoms. The van der Waals surface area contributed by atoms with Crippen molar-refractivity contribution in [1.29, 1.82) is 0 Å². The Morgan fingerprint density at radius 3 is 2.53 bits per heavy atom. The minimum Gasteiger partial charge on any atom is -0.444 e. The van der Waals surface area contributed by atoms with E-state index < -0.39 is 5.60 Å². The van der Waals surface area contributed by atoms with Crippen molar-refractivity contribution in [3.8, 4) is 0 Å². The van der Waals surface area contributed by atoms with E-state index >= 15 is 0 Å². The molecule has 2 bridgehead atoms. The van der Waals surface area contributed by atoms with E-state index in [1.54, 1.807) is 4.90 Å². The fraction of sp³-hybridized carbons (Fsp3) is 0.818. The number of fused-ring (bicyclic) bond motifs is 2. The molecule has 2 rings (SSSR count). The number of amides is 1. The maximum atomic E-state index is 11.7. The SMILES string of the molecule is CC(C)(C)OC(=O)N1CC2C[C@H]1CC2=O. The lowest BCUT2D eigenvalue weighted by atomic mass is 10.1. The summed E-state index contributed by atoms with van der Waals surface area (Å²) in [5, 5.41) is 0. The molecule has 0 aromatic rings. The topological polar surface area (TPSA) is 46.6 Å². The monoisotopic (exact) mass is 211 g/mol. The second kappa shape index (κ2) is 3.22. The predicted molar refractivity (Wildman–Crippen MR) is 54.5 cm³/mol. The maximum Gasteiger partial charge on any atom is 0.410 e. The molecular formula is C11H17NO3. The zero-order valence-corrected chi connectivity index (χ0v) is 9.45. The molecule has 1 unspecified atom stereocenters. The molecule has 1 heterocycles. The molecule has 1 aliphatic carbocycles. The molecule has 0 radical (unpaired) electrons. The largest absolute Gasteiger partial charge is 0.444 e. The summed E-state index contributed by atoms with van der Waals surface area (Å²) in [5.41, 5.74) is -0.455. The number of ether oxygens (including phenoxy) is 1. The lowest BCUT2D eigenvalue weighted by molar-refractivity contribution is -0.122. The summed E-state index contributed by atoms with van der Waals surface area (Å²) < 4.78 is 5.29. The van der Waals surface area contributed by atoms with E-state index in [9.17, 15) is 9.59 Å². The van der Waals surface area contributed by atoms with Crippen molar-refractivity contribution in [2.24, 2.45) is 5.92 Å². The van der Waals surface area contributed by atoms with Gasteiger partial charge in [0.05, 0.1) is 0 Å². The summed E-state index contributed by atoms with van der Waals surface area (Å²) >= 11 is 0. The first-order valence-electron chi connectivity index (χ1n) is 5.39. The number of nitrogens with zero attached hydrogens (tertiary/aromatic N) is 1. The van der Waals surface area contributed by atoms with E-state index in [4.69, 9.17) is 4.74 Å². The number of ketones is 1. The van der Waals surface area contributed by atoms with Crippen LogP contribution in [0.3, 0.4) is 0 Å². The summed E-state index contributed by atoms with van der Waals surface area (Å²) in [7, 11) is 0. The molecule has 4 nitrogen and oxygen atoms in total. The highest BCUT2D eigenvalue weighted by molar-refractivity contribution is 5.87. The number of piperidine rings is 1. The molecule has 15 heavy (non-hydrogen) atoms. The van der Waals surface area contributed by atoms with Gasteiger partial charge in [-0.1, -0.05) is 0 Å². The van der Waals surface area contributed by atoms with Gasteiger partial charge in [-0.3, -0.25) is 4.79 Å². The lowest BCUT2D eigenvalue weighted by Gasteiger charge is -2.29. The van der Waals surface area contributed by atoms with E-state index in [1.165, 1.54) is 0 Å². The molecule has 2 atom stereocenters. The van der Waals surface area contributed by atoms with Gasteiger partial charge in [-0.05, 0) is 27.2 Å². The first-order valence-corrected chi connectivity index (χ1v) is 5.39. The quantitative estimate of drug-likeness (QED) is 0.611. The first kappa shape index (κ1) is 10.5. The Morgan fingerprint density at radius 1 is 1.47 bits per heavy atom. The maximum absolute atomic E-state index is 11.7. The van der Waals surface area contributed by atoms with Gasteiger partial charge in [0.2, 0.25) is 0 Å². The number of Topliss-reactive ketones (excluding diaryl/α,β-unsaturated/α-hetero) is 1. The van der Waals surface area contributed by atoms with E-state index in [0.717, 1.165) is 6.42 Å². The van der Waals surface area contributed by atoms with Gasteiger partial charge < -0.3 is 9.64 Å². The van der Waals surface area contributed by atoms with Crippen molar-refractivity contribution in [3.63, 3.8) is 0 Å². The summed E-state index contributed by atoms with van der Waals surface area (Å²) in [5.74, 6) is 0.377. The molecule has 1 saturated carbocycles. The Labute approximate surface area is 89.6 Å². The molecule has 1 saturated heterocycles. The molecule has 84 valence electrons. The zero-order valence-electron chi connectivity index (χ0n) is 9.45. The third-order valence-corrected chi connectivity index (χ3v) is 2.93. The summed E-state index contributed by atoms with van der Waals surface area (Å²) in [6, 6.07) is 0.0948. The van der Waals surface area contributed by atoms with Crippen molar-refractivity contribution < 1.29 is 14.3 Å². The van der Waals surface area contributed by atoms with E-state index in [2.05, 4.69) is 0 Å². The predicted octanol–water partition coefficient (Wildman–Crippen LogP) is 1.58. The fourth-order valence-corrected chi connectivity index (χ4v) is 2.29. The van der Waals surface area contributed by atoms with Gasteiger partial charge in [0, 0.05) is 24.9 Å². The normalized spacial score (nSPS) is 29.8. The number of carbonyl (C=O) groups excluding carboxylic acids is 2. The third kappa shape index (κ3) is 1.98. The van der Waals surface area contributed by atoms with Crippen LogP contribution in [-0.2, 0) is 9.53 Å². The van der Waals surface area contributed by atoms with Crippen molar-refractivity contribution in [2.45, 2.75) is 45.3 Å². The second-order valence-corrected chi connectivity index (χ2v) is 5.39. The van der Waals surface area contributed by atoms with E-state index in [-0.39, 0.29) is 18.1 Å². The van der Waals surface area contributed by atoms with Gasteiger partial charge in [-0.25, -0.2) is 4.79 Å². The molecular weight excluding hydrogens is 194 g/mol. The van der Waals surface area contributed by atoms with E-state index in [1.807, 2.05) is 20.8 Å².